The number of aryl methyl sites for hydroxylation is 2. The number of hydrogen-bond acceptors (Lipinski definition) is 10. The van der Waals surface area contributed by atoms with Crippen molar-refractivity contribution < 1.29 is 49.5 Å². The van der Waals surface area contributed by atoms with Crippen molar-refractivity contribution in [2.45, 2.75) is 76.5 Å². The van der Waals surface area contributed by atoms with Crippen LogP contribution in [0.15, 0.2) is 22.7 Å². The normalized spacial score (nSPS) is 17.7. The highest BCUT2D eigenvalue weighted by molar-refractivity contribution is 8.13. The fourth-order valence-electron chi connectivity index (χ4n) is 3.40. The third-order valence-corrected chi connectivity index (χ3v) is 7.36. The zero-order valence-electron chi connectivity index (χ0n) is 23.8. The van der Waals surface area contributed by atoms with Crippen molar-refractivity contribution in [3.63, 3.8) is 0 Å². The maximum Gasteiger partial charge on any atom is 0.419 e. The molecular weight excluding hydrogens is 618 g/mol. The van der Waals surface area contributed by atoms with Crippen LogP contribution in [0.5, 0.6) is 0 Å². The molecule has 0 bridgehead atoms. The number of thioether (sulfide) groups is 1. The molecule has 0 aliphatic carbocycles. The van der Waals surface area contributed by atoms with Gasteiger partial charge in [-0.1, -0.05) is 10.3 Å². The van der Waals surface area contributed by atoms with Crippen molar-refractivity contribution in [1.29, 1.82) is 0 Å². The first-order chi connectivity index (χ1) is 18.9. The third kappa shape index (κ3) is 10.5. The minimum Gasteiger partial charge on any atom is -0.390 e. The lowest BCUT2D eigenvalue weighted by Gasteiger charge is -2.13. The van der Waals surface area contributed by atoms with E-state index < -0.39 is 45.5 Å². The number of halogens is 6. The van der Waals surface area contributed by atoms with Gasteiger partial charge in [-0.2, -0.15) is 36.5 Å². The Balaban J connectivity index is 0.000000233. The Kier molecular flexibility index (Phi) is 10.8. The van der Waals surface area contributed by atoms with Crippen LogP contribution in [-0.2, 0) is 58.3 Å². The second kappa shape index (κ2) is 12.8. The van der Waals surface area contributed by atoms with Crippen molar-refractivity contribution in [1.82, 2.24) is 19.6 Å². The summed E-state index contributed by atoms with van der Waals surface area (Å²) in [6.07, 6.45) is -4.88. The maximum atomic E-state index is 12.8. The third-order valence-electron chi connectivity index (χ3n) is 5.32. The molecule has 0 radical (unpaired) electrons. The van der Waals surface area contributed by atoms with Gasteiger partial charge in [-0.15, -0.1) is 11.8 Å². The molecule has 2 aromatic rings. The highest BCUT2D eigenvalue weighted by Crippen LogP contribution is 2.35. The van der Waals surface area contributed by atoms with Crippen LogP contribution in [0.4, 0.5) is 26.3 Å². The minimum atomic E-state index is -4.44. The summed E-state index contributed by atoms with van der Waals surface area (Å²) in [5, 5.41) is 24.0. The van der Waals surface area contributed by atoms with Crippen LogP contribution in [-0.4, -0.2) is 60.6 Å². The van der Waals surface area contributed by atoms with E-state index in [1.165, 1.54) is 30.5 Å². The summed E-state index contributed by atoms with van der Waals surface area (Å²) in [7, 11) is -0.304. The topological polar surface area (TPSA) is 133 Å². The van der Waals surface area contributed by atoms with Crippen LogP contribution in [0.2, 0.25) is 0 Å². The number of sulfone groups is 1. The molecule has 19 heteroatoms. The number of oxime groups is 2. The zero-order valence-corrected chi connectivity index (χ0v) is 25.5. The fraction of sp³-hybridized carbons (Fsp3) is 0.652. The average molecular weight is 651 g/mol. The van der Waals surface area contributed by atoms with E-state index >= 15 is 0 Å². The molecule has 0 saturated carbocycles. The minimum absolute atomic E-state index is 0.0207. The molecule has 42 heavy (non-hydrogen) atoms. The van der Waals surface area contributed by atoms with Crippen molar-refractivity contribution >= 4 is 31.7 Å². The Labute approximate surface area is 242 Å². The maximum absolute atomic E-state index is 12.8. The Morgan fingerprint density at radius 1 is 0.881 bits per heavy atom. The molecule has 0 amide bonds. The van der Waals surface area contributed by atoms with Gasteiger partial charge in [0.2, 0.25) is 0 Å². The van der Waals surface area contributed by atoms with E-state index in [1.54, 1.807) is 13.8 Å². The number of aromatic nitrogens is 4. The first-order valence-electron chi connectivity index (χ1n) is 12.1. The number of hydrogen-bond donors (Lipinski definition) is 1. The summed E-state index contributed by atoms with van der Waals surface area (Å²) in [6, 6.07) is 0. The number of nitrogens with zero attached hydrogens (tertiary/aromatic N) is 6. The van der Waals surface area contributed by atoms with E-state index in [9.17, 15) is 34.8 Å². The van der Waals surface area contributed by atoms with Gasteiger partial charge in [-0.3, -0.25) is 9.36 Å². The van der Waals surface area contributed by atoms with Crippen LogP contribution >= 0.6 is 11.8 Å². The van der Waals surface area contributed by atoms with Gasteiger partial charge in [0, 0.05) is 51.3 Å². The van der Waals surface area contributed by atoms with E-state index in [4.69, 9.17) is 14.8 Å². The standard InChI is InChI=1S/C11H14F3N3OS.C6H7F3N2O.C6H11NO3S/c1-10(2)4-9(16-18-10)19-6-8-7(11(12,13)14)5-17(3)15-8;1-11-2-4(6(7,8)9)5(3-12)10-11;1-6(2)4-5(7-10-6)11(3,8)9/h5H,4,6H2,1-3H3;2,12H,3H2,1H3;4H2,1-3H3. The summed E-state index contributed by atoms with van der Waals surface area (Å²) in [6.45, 7) is 6.66. The van der Waals surface area contributed by atoms with E-state index in [-0.39, 0.29) is 27.8 Å². The van der Waals surface area contributed by atoms with Crippen molar-refractivity contribution in [2.75, 3.05) is 6.26 Å². The first kappa shape index (κ1) is 35.4. The summed E-state index contributed by atoms with van der Waals surface area (Å²) in [5.74, 6) is 0.133. The van der Waals surface area contributed by atoms with Gasteiger partial charge in [-0.25, -0.2) is 8.42 Å². The summed E-state index contributed by atoms with van der Waals surface area (Å²) in [5.41, 5.74) is -2.73. The quantitative estimate of drug-likeness (QED) is 0.475. The monoisotopic (exact) mass is 650 g/mol. The second-order valence-corrected chi connectivity index (χ2v) is 13.6. The van der Waals surface area contributed by atoms with Gasteiger partial charge < -0.3 is 14.8 Å². The molecule has 0 unspecified atom stereocenters. The Bertz CT molecular complexity index is 1410. The molecule has 0 spiro atoms. The van der Waals surface area contributed by atoms with Crippen molar-refractivity contribution in [3.8, 4) is 0 Å². The molecule has 238 valence electrons. The number of aliphatic hydroxyl groups excluding tert-OH is 1. The Hall–Kier alpha value is -2.80. The van der Waals surface area contributed by atoms with Crippen LogP contribution in [0, 0.1) is 0 Å². The number of alkyl halides is 6. The largest absolute Gasteiger partial charge is 0.419 e. The van der Waals surface area contributed by atoms with Crippen LogP contribution in [0.3, 0.4) is 0 Å². The highest BCUT2D eigenvalue weighted by Gasteiger charge is 2.37. The number of aliphatic hydroxyl groups is 1. The van der Waals surface area contributed by atoms with Crippen LogP contribution in [0.1, 0.15) is 63.1 Å². The molecule has 1 N–H and O–H groups in total. The molecule has 0 atom stereocenters. The van der Waals surface area contributed by atoms with E-state index in [1.807, 2.05) is 13.8 Å². The van der Waals surface area contributed by atoms with E-state index in [2.05, 4.69) is 20.5 Å². The predicted molar refractivity (Wildman–Crippen MR) is 143 cm³/mol. The first-order valence-corrected chi connectivity index (χ1v) is 14.9. The lowest BCUT2D eigenvalue weighted by Crippen LogP contribution is -2.21. The molecule has 0 saturated heterocycles. The summed E-state index contributed by atoms with van der Waals surface area (Å²) in [4.78, 5) is 10.1. The summed E-state index contributed by atoms with van der Waals surface area (Å²) < 4.78 is 98.6. The molecule has 2 aliphatic heterocycles. The van der Waals surface area contributed by atoms with Gasteiger partial charge in [-0.05, 0) is 27.7 Å². The van der Waals surface area contributed by atoms with Gasteiger partial charge in [0.15, 0.2) is 14.9 Å². The lowest BCUT2D eigenvalue weighted by molar-refractivity contribution is -0.139. The SMILES string of the molecule is CC1(C)CC(S(C)(=O)=O)=NO1.Cn1cc(C(F)(F)F)c(CO)n1.Cn1cc(C(F)(F)F)c(CSC2=NOC(C)(C)C2)n1. The second-order valence-electron chi connectivity index (χ2n) is 10.6. The van der Waals surface area contributed by atoms with Gasteiger partial charge in [0.1, 0.15) is 21.9 Å². The fourth-order valence-corrected chi connectivity index (χ4v) is 5.24. The predicted octanol–water partition coefficient (Wildman–Crippen LogP) is 4.66. The molecule has 0 fully saturated rings. The molecule has 4 rings (SSSR count). The van der Waals surface area contributed by atoms with Gasteiger partial charge >= 0.3 is 12.4 Å². The highest BCUT2D eigenvalue weighted by atomic mass is 32.2. The molecular formula is C23H32F6N6O5S2. The Morgan fingerprint density at radius 3 is 1.67 bits per heavy atom. The van der Waals surface area contributed by atoms with Crippen molar-refractivity contribution in [2.24, 2.45) is 24.4 Å². The number of rotatable bonds is 3. The molecule has 2 aliphatic rings. The summed E-state index contributed by atoms with van der Waals surface area (Å²) >= 11 is 1.23. The molecule has 4 heterocycles. The molecule has 11 nitrogen and oxygen atoms in total. The zero-order chi connectivity index (χ0) is 32.3. The Morgan fingerprint density at radius 2 is 1.33 bits per heavy atom. The lowest BCUT2D eigenvalue weighted by atomic mass is 10.1. The van der Waals surface area contributed by atoms with E-state index in [0.29, 0.717) is 17.9 Å². The molecule has 2 aromatic heterocycles. The van der Waals surface area contributed by atoms with Gasteiger partial charge in [0.25, 0.3) is 0 Å². The van der Waals surface area contributed by atoms with Gasteiger partial charge in [0.05, 0.1) is 23.4 Å². The van der Waals surface area contributed by atoms with E-state index in [0.717, 1.165) is 23.3 Å². The smallest absolute Gasteiger partial charge is 0.390 e. The average Bonchev–Trinajstić information content (AvgIpc) is 3.57. The van der Waals surface area contributed by atoms with Crippen LogP contribution < -0.4 is 0 Å². The van der Waals surface area contributed by atoms with Crippen LogP contribution in [0.25, 0.3) is 0 Å². The van der Waals surface area contributed by atoms with Crippen molar-refractivity contribution in [3.05, 3.63) is 34.9 Å². The molecule has 0 aromatic carbocycles.